The minimum absolute atomic E-state index is 0.180. The first-order chi connectivity index (χ1) is 13.8. The van der Waals surface area contributed by atoms with Crippen LogP contribution in [0.2, 0.25) is 0 Å². The molecule has 0 aromatic heterocycles. The fourth-order valence-electron chi connectivity index (χ4n) is 3.60. The van der Waals surface area contributed by atoms with Gasteiger partial charge < -0.3 is 15.3 Å². The standard InChI is InChI=1S/C22H39NO6/c1-2-3-4-5-6-7-8-9-10-11-12-13-14-15-16-23(17-20(24)25,18-21(26)27)19-22(28)29/h13-14H,2-12,15-19H2,1H3,(H2-,24,25,26,27,28,29)/p+1/b14-13+. The first-order valence-electron chi connectivity index (χ1n) is 11.0. The summed E-state index contributed by atoms with van der Waals surface area (Å²) in [5.41, 5.74) is 0. The average Bonchev–Trinajstić information content (AvgIpc) is 2.60. The molecule has 0 heterocycles. The van der Waals surface area contributed by atoms with Crippen LogP contribution in [0.1, 0.15) is 84.0 Å². The number of hydrogen-bond acceptors (Lipinski definition) is 3. The highest BCUT2D eigenvalue weighted by Gasteiger charge is 2.35. The molecule has 0 saturated heterocycles. The molecule has 7 nitrogen and oxygen atoms in total. The van der Waals surface area contributed by atoms with Crippen LogP contribution in [0.15, 0.2) is 12.2 Å². The lowest BCUT2D eigenvalue weighted by molar-refractivity contribution is -0.907. The van der Waals surface area contributed by atoms with Gasteiger partial charge in [-0.05, 0) is 12.8 Å². The second kappa shape index (κ2) is 17.0. The number of allylic oxidation sites excluding steroid dienone is 1. The average molecular weight is 415 g/mol. The van der Waals surface area contributed by atoms with Gasteiger partial charge in [-0.25, -0.2) is 14.4 Å². The quantitative estimate of drug-likeness (QED) is 0.155. The molecule has 0 aromatic rings. The Morgan fingerprint density at radius 3 is 1.41 bits per heavy atom. The smallest absolute Gasteiger partial charge is 0.359 e. The molecule has 0 aliphatic heterocycles. The number of carboxylic acids is 3. The lowest BCUT2D eigenvalue weighted by atomic mass is 10.1. The Morgan fingerprint density at radius 1 is 0.621 bits per heavy atom. The van der Waals surface area contributed by atoms with Crippen molar-refractivity contribution in [3.63, 3.8) is 0 Å². The molecule has 0 rings (SSSR count). The topological polar surface area (TPSA) is 112 Å². The lowest BCUT2D eigenvalue weighted by Gasteiger charge is -2.33. The second-order valence-corrected chi connectivity index (χ2v) is 7.95. The van der Waals surface area contributed by atoms with E-state index in [9.17, 15) is 14.4 Å². The zero-order valence-corrected chi connectivity index (χ0v) is 18.0. The third-order valence-corrected chi connectivity index (χ3v) is 5.07. The van der Waals surface area contributed by atoms with E-state index in [0.717, 1.165) is 12.8 Å². The van der Waals surface area contributed by atoms with Crippen LogP contribution in [0, 0.1) is 0 Å². The molecule has 29 heavy (non-hydrogen) atoms. The largest absolute Gasteiger partial charge is 0.477 e. The van der Waals surface area contributed by atoms with Crippen molar-refractivity contribution >= 4 is 17.9 Å². The van der Waals surface area contributed by atoms with Crippen LogP contribution in [0.3, 0.4) is 0 Å². The summed E-state index contributed by atoms with van der Waals surface area (Å²) in [6, 6.07) is 0. The summed E-state index contributed by atoms with van der Waals surface area (Å²) in [6.07, 6.45) is 18.2. The predicted molar refractivity (Wildman–Crippen MR) is 113 cm³/mol. The molecule has 0 atom stereocenters. The van der Waals surface area contributed by atoms with E-state index in [-0.39, 0.29) is 6.54 Å². The highest BCUT2D eigenvalue weighted by atomic mass is 16.4. The van der Waals surface area contributed by atoms with Crippen LogP contribution in [0.4, 0.5) is 0 Å². The molecule has 168 valence electrons. The predicted octanol–water partition coefficient (Wildman–Crippen LogP) is 4.31. The summed E-state index contributed by atoms with van der Waals surface area (Å²) in [5.74, 6) is -3.58. The van der Waals surface area contributed by atoms with E-state index in [1.54, 1.807) is 0 Å². The molecule has 0 spiro atoms. The van der Waals surface area contributed by atoms with E-state index in [0.29, 0.717) is 6.42 Å². The third-order valence-electron chi connectivity index (χ3n) is 5.07. The van der Waals surface area contributed by atoms with Gasteiger partial charge in [0.2, 0.25) is 0 Å². The summed E-state index contributed by atoms with van der Waals surface area (Å²) in [4.78, 5) is 33.3. The number of aliphatic carboxylic acids is 3. The normalized spacial score (nSPS) is 11.8. The van der Waals surface area contributed by atoms with Crippen LogP contribution in [-0.4, -0.2) is 63.9 Å². The summed E-state index contributed by atoms with van der Waals surface area (Å²) < 4.78 is -0.484. The van der Waals surface area contributed by atoms with Crippen molar-refractivity contribution in [3.8, 4) is 0 Å². The van der Waals surface area contributed by atoms with Crippen molar-refractivity contribution in [2.24, 2.45) is 0 Å². The van der Waals surface area contributed by atoms with Crippen molar-refractivity contribution in [1.29, 1.82) is 0 Å². The fourth-order valence-corrected chi connectivity index (χ4v) is 3.60. The Bertz CT molecular complexity index is 463. The number of carboxylic acid groups (broad SMARTS) is 3. The Kier molecular flexibility index (Phi) is 15.9. The van der Waals surface area contributed by atoms with E-state index < -0.39 is 42.0 Å². The Morgan fingerprint density at radius 2 is 1.00 bits per heavy atom. The van der Waals surface area contributed by atoms with Crippen molar-refractivity contribution in [2.45, 2.75) is 84.0 Å². The van der Waals surface area contributed by atoms with E-state index in [1.807, 2.05) is 12.2 Å². The fraction of sp³-hybridized carbons (Fsp3) is 0.773. The SMILES string of the molecule is CCCCCCCCCCCC/C=C/CC[N+](CC(=O)O)(CC(=O)O)CC(=O)O. The summed E-state index contributed by atoms with van der Waals surface area (Å²) in [7, 11) is 0. The third kappa shape index (κ3) is 16.7. The Balaban J connectivity index is 4.08. The zero-order chi connectivity index (χ0) is 22.0. The molecule has 0 aliphatic carbocycles. The van der Waals surface area contributed by atoms with E-state index in [4.69, 9.17) is 15.3 Å². The van der Waals surface area contributed by atoms with Gasteiger partial charge in [-0.1, -0.05) is 76.9 Å². The van der Waals surface area contributed by atoms with E-state index in [2.05, 4.69) is 6.92 Å². The van der Waals surface area contributed by atoms with Gasteiger partial charge >= 0.3 is 17.9 Å². The molecule has 0 radical (unpaired) electrons. The van der Waals surface area contributed by atoms with E-state index >= 15 is 0 Å². The van der Waals surface area contributed by atoms with Gasteiger partial charge in [-0.2, -0.15) is 0 Å². The molecule has 0 bridgehead atoms. The minimum Gasteiger partial charge on any atom is -0.477 e. The molecule has 0 amide bonds. The van der Waals surface area contributed by atoms with Crippen LogP contribution in [0.5, 0.6) is 0 Å². The van der Waals surface area contributed by atoms with Gasteiger partial charge in [0.05, 0.1) is 6.54 Å². The van der Waals surface area contributed by atoms with Gasteiger partial charge in [0.15, 0.2) is 19.6 Å². The summed E-state index contributed by atoms with van der Waals surface area (Å²) in [6.45, 7) is 0.881. The molecule has 0 aromatic carbocycles. The first-order valence-corrected chi connectivity index (χ1v) is 11.0. The maximum atomic E-state index is 11.1. The van der Waals surface area contributed by atoms with Crippen molar-refractivity contribution in [1.82, 2.24) is 0 Å². The highest BCUT2D eigenvalue weighted by Crippen LogP contribution is 2.12. The summed E-state index contributed by atoms with van der Waals surface area (Å²) >= 11 is 0. The second-order valence-electron chi connectivity index (χ2n) is 7.95. The zero-order valence-electron chi connectivity index (χ0n) is 18.0. The first kappa shape index (κ1) is 27.1. The molecular formula is C22H40NO6+. The number of unbranched alkanes of at least 4 members (excludes halogenated alkanes) is 10. The van der Waals surface area contributed by atoms with E-state index in [1.165, 1.54) is 57.8 Å². The molecule has 7 heteroatoms. The van der Waals surface area contributed by atoms with Crippen molar-refractivity contribution in [3.05, 3.63) is 12.2 Å². The van der Waals surface area contributed by atoms with Crippen molar-refractivity contribution in [2.75, 3.05) is 26.2 Å². The molecule has 0 saturated carbocycles. The lowest BCUT2D eigenvalue weighted by Crippen LogP contribution is -2.57. The maximum absolute atomic E-state index is 11.1. The summed E-state index contributed by atoms with van der Waals surface area (Å²) in [5, 5.41) is 27.2. The van der Waals surface area contributed by atoms with Gasteiger partial charge in [0, 0.05) is 6.42 Å². The molecule has 0 unspecified atom stereocenters. The van der Waals surface area contributed by atoms with Gasteiger partial charge in [0.1, 0.15) is 0 Å². The molecule has 3 N–H and O–H groups in total. The van der Waals surface area contributed by atoms with Crippen LogP contribution in [0.25, 0.3) is 0 Å². The van der Waals surface area contributed by atoms with Gasteiger partial charge in [-0.3, -0.25) is 4.48 Å². The Hall–Kier alpha value is -1.89. The van der Waals surface area contributed by atoms with Gasteiger partial charge in [-0.15, -0.1) is 0 Å². The van der Waals surface area contributed by atoms with Crippen molar-refractivity contribution < 1.29 is 34.2 Å². The van der Waals surface area contributed by atoms with Crippen LogP contribution < -0.4 is 0 Å². The van der Waals surface area contributed by atoms with Gasteiger partial charge in [0.25, 0.3) is 0 Å². The van der Waals surface area contributed by atoms with Crippen LogP contribution in [-0.2, 0) is 14.4 Å². The monoisotopic (exact) mass is 414 g/mol. The number of rotatable bonds is 20. The number of quaternary nitrogens is 1. The molecule has 0 aliphatic rings. The maximum Gasteiger partial charge on any atom is 0.359 e. The highest BCUT2D eigenvalue weighted by molar-refractivity contribution is 5.73. The number of nitrogens with zero attached hydrogens (tertiary/aromatic N) is 1. The van der Waals surface area contributed by atoms with Crippen LogP contribution >= 0.6 is 0 Å². The minimum atomic E-state index is -1.19. The Labute approximate surface area is 175 Å². The molecule has 0 fully saturated rings. The number of carbonyl (C=O) groups is 3. The molecular weight excluding hydrogens is 374 g/mol. The number of hydrogen-bond donors (Lipinski definition) is 3.